The molecule has 0 spiro atoms. The number of ether oxygens (including phenoxy) is 2. The maximum Gasteiger partial charge on any atom is 0.339 e. The lowest BCUT2D eigenvalue weighted by molar-refractivity contribution is -0.158. The third-order valence-electron chi connectivity index (χ3n) is 4.31. The number of hydrogen-bond donors (Lipinski definition) is 1. The van der Waals surface area contributed by atoms with Crippen molar-refractivity contribution in [1.29, 1.82) is 0 Å². The predicted molar refractivity (Wildman–Crippen MR) is 112 cm³/mol. The fraction of sp³-hybridized carbons (Fsp3) is 0.619. The number of ketones is 1. The summed E-state index contributed by atoms with van der Waals surface area (Å²) in [5, 5.41) is 0. The monoisotopic (exact) mass is 423 g/mol. The van der Waals surface area contributed by atoms with Crippen LogP contribution in [0.25, 0.3) is 0 Å². The minimum absolute atomic E-state index is 0.167. The van der Waals surface area contributed by atoms with Crippen LogP contribution in [0, 0.1) is 6.92 Å². The van der Waals surface area contributed by atoms with Crippen LogP contribution < -0.4 is 0 Å². The summed E-state index contributed by atoms with van der Waals surface area (Å²) < 4.78 is 10.2. The number of rotatable bonds is 9. The van der Waals surface area contributed by atoms with Gasteiger partial charge in [0.1, 0.15) is 12.1 Å². The first-order valence-electron chi connectivity index (χ1n) is 9.71. The topological polar surface area (TPSA) is 109 Å². The first kappa shape index (κ1) is 25.4. The van der Waals surface area contributed by atoms with Crippen LogP contribution in [-0.2, 0) is 25.5 Å². The molecule has 9 nitrogen and oxygen atoms in total. The van der Waals surface area contributed by atoms with E-state index in [1.165, 1.54) is 18.9 Å². The highest BCUT2D eigenvalue weighted by Crippen LogP contribution is 2.21. The second-order valence-electron chi connectivity index (χ2n) is 8.41. The highest BCUT2D eigenvalue weighted by atomic mass is 16.6. The van der Waals surface area contributed by atoms with E-state index in [0.29, 0.717) is 18.7 Å². The van der Waals surface area contributed by atoms with Crippen LogP contribution in [-0.4, -0.2) is 84.9 Å². The lowest BCUT2D eigenvalue weighted by Crippen LogP contribution is -2.42. The molecule has 0 unspecified atom stereocenters. The largest absolute Gasteiger partial charge is 0.465 e. The van der Waals surface area contributed by atoms with Gasteiger partial charge in [-0.1, -0.05) is 0 Å². The summed E-state index contributed by atoms with van der Waals surface area (Å²) in [6.07, 6.45) is -0.186. The first-order chi connectivity index (χ1) is 13.8. The molecule has 0 radical (unpaired) electrons. The standard InChI is InChI=1S/C21H33N3O6/c1-13-18(20(28)29-8)15(22-19(13)14(2)25)11-16(26)24(10-9-23(6)7)12-17(27)30-21(3,4)5/h22H,9-12H2,1-8H3. The third-order valence-corrected chi connectivity index (χ3v) is 4.31. The van der Waals surface area contributed by atoms with Crippen molar-refractivity contribution in [2.24, 2.45) is 0 Å². The van der Waals surface area contributed by atoms with Crippen molar-refractivity contribution < 1.29 is 28.7 Å². The summed E-state index contributed by atoms with van der Waals surface area (Å²) in [6, 6.07) is 0. The molecule has 168 valence electrons. The van der Waals surface area contributed by atoms with Gasteiger partial charge in [-0.2, -0.15) is 0 Å². The lowest BCUT2D eigenvalue weighted by Gasteiger charge is -2.26. The number of H-pyrrole nitrogens is 1. The number of hydrogen-bond acceptors (Lipinski definition) is 7. The van der Waals surface area contributed by atoms with Gasteiger partial charge in [-0.15, -0.1) is 0 Å². The fourth-order valence-corrected chi connectivity index (χ4v) is 2.93. The van der Waals surface area contributed by atoms with Gasteiger partial charge in [0, 0.05) is 25.7 Å². The first-order valence-corrected chi connectivity index (χ1v) is 9.71. The van der Waals surface area contributed by atoms with E-state index in [4.69, 9.17) is 9.47 Å². The molecule has 1 aromatic heterocycles. The Morgan fingerprint density at radius 2 is 1.67 bits per heavy atom. The van der Waals surface area contributed by atoms with E-state index in [0.717, 1.165) is 0 Å². The highest BCUT2D eigenvalue weighted by molar-refractivity contribution is 6.01. The van der Waals surface area contributed by atoms with Gasteiger partial charge in [-0.25, -0.2) is 4.79 Å². The second-order valence-corrected chi connectivity index (χ2v) is 8.41. The van der Waals surface area contributed by atoms with Crippen molar-refractivity contribution in [2.75, 3.05) is 40.8 Å². The molecule has 9 heteroatoms. The van der Waals surface area contributed by atoms with Crippen LogP contribution in [0.4, 0.5) is 0 Å². The SMILES string of the molecule is COC(=O)c1c(CC(=O)N(CCN(C)C)CC(=O)OC(C)(C)C)[nH]c(C(C)=O)c1C. The van der Waals surface area contributed by atoms with Gasteiger partial charge in [0.15, 0.2) is 5.78 Å². The summed E-state index contributed by atoms with van der Waals surface area (Å²) in [4.78, 5) is 55.6. The van der Waals surface area contributed by atoms with Crippen LogP contribution in [0.2, 0.25) is 0 Å². The molecule has 1 heterocycles. The number of Topliss-reactive ketones (excluding diaryl/α,β-unsaturated/α-hetero) is 1. The fourth-order valence-electron chi connectivity index (χ4n) is 2.93. The van der Waals surface area contributed by atoms with Crippen molar-refractivity contribution in [3.8, 4) is 0 Å². The van der Waals surface area contributed by atoms with Crippen LogP contribution in [0.3, 0.4) is 0 Å². The van der Waals surface area contributed by atoms with Crippen molar-refractivity contribution in [3.05, 3.63) is 22.5 Å². The number of nitrogens with one attached hydrogen (secondary N) is 1. The van der Waals surface area contributed by atoms with E-state index in [-0.39, 0.29) is 41.6 Å². The van der Waals surface area contributed by atoms with Gasteiger partial charge in [0.25, 0.3) is 0 Å². The Labute approximate surface area is 177 Å². The molecule has 0 aliphatic heterocycles. The predicted octanol–water partition coefficient (Wildman–Crippen LogP) is 1.59. The van der Waals surface area contributed by atoms with E-state index in [1.807, 2.05) is 19.0 Å². The number of aromatic amines is 1. The molecule has 1 N–H and O–H groups in total. The van der Waals surface area contributed by atoms with E-state index in [1.54, 1.807) is 27.7 Å². The maximum atomic E-state index is 13.0. The average molecular weight is 424 g/mol. The summed E-state index contributed by atoms with van der Waals surface area (Å²) in [5.74, 6) is -1.78. The van der Waals surface area contributed by atoms with Crippen LogP contribution in [0.5, 0.6) is 0 Å². The molecule has 1 amide bonds. The van der Waals surface area contributed by atoms with E-state index in [9.17, 15) is 19.2 Å². The Morgan fingerprint density at radius 1 is 1.07 bits per heavy atom. The molecule has 1 aromatic rings. The van der Waals surface area contributed by atoms with Gasteiger partial charge in [0.05, 0.1) is 24.8 Å². The molecule has 0 saturated heterocycles. The van der Waals surface area contributed by atoms with Crippen molar-refractivity contribution in [2.45, 2.75) is 46.6 Å². The average Bonchev–Trinajstić information content (AvgIpc) is 2.92. The van der Waals surface area contributed by atoms with Crippen LogP contribution in [0.15, 0.2) is 0 Å². The number of carbonyl (C=O) groups is 4. The number of aromatic nitrogens is 1. The quantitative estimate of drug-likeness (QED) is 0.474. The normalized spacial score (nSPS) is 11.4. The smallest absolute Gasteiger partial charge is 0.339 e. The van der Waals surface area contributed by atoms with Gasteiger partial charge in [-0.05, 0) is 47.4 Å². The Kier molecular flexibility index (Phi) is 8.77. The molecule has 0 aliphatic carbocycles. The van der Waals surface area contributed by atoms with Gasteiger partial charge < -0.3 is 24.3 Å². The molecule has 0 atom stereocenters. The minimum Gasteiger partial charge on any atom is -0.465 e. The Morgan fingerprint density at radius 3 is 2.13 bits per heavy atom. The maximum absolute atomic E-state index is 13.0. The number of carbonyl (C=O) groups excluding carboxylic acids is 4. The second kappa shape index (κ2) is 10.4. The van der Waals surface area contributed by atoms with Crippen molar-refractivity contribution >= 4 is 23.6 Å². The number of nitrogens with zero attached hydrogens (tertiary/aromatic N) is 2. The zero-order valence-electron chi connectivity index (χ0n) is 19.2. The number of amides is 1. The lowest BCUT2D eigenvalue weighted by atomic mass is 10.1. The third kappa shape index (κ3) is 7.29. The highest BCUT2D eigenvalue weighted by Gasteiger charge is 2.27. The Hall–Kier alpha value is -2.68. The molecule has 1 rings (SSSR count). The molecule has 0 bridgehead atoms. The van der Waals surface area contributed by atoms with Crippen LogP contribution >= 0.6 is 0 Å². The summed E-state index contributed by atoms with van der Waals surface area (Å²) in [6.45, 7) is 8.89. The zero-order valence-corrected chi connectivity index (χ0v) is 19.2. The Bertz CT molecular complexity index is 804. The Balaban J connectivity index is 3.15. The molecule has 0 aliphatic rings. The molecular weight excluding hydrogens is 390 g/mol. The van der Waals surface area contributed by atoms with E-state index in [2.05, 4.69) is 4.98 Å². The van der Waals surface area contributed by atoms with E-state index < -0.39 is 17.5 Å². The van der Waals surface area contributed by atoms with Crippen molar-refractivity contribution in [1.82, 2.24) is 14.8 Å². The minimum atomic E-state index is -0.668. The van der Waals surface area contributed by atoms with E-state index >= 15 is 0 Å². The summed E-state index contributed by atoms with van der Waals surface area (Å²) in [7, 11) is 4.96. The summed E-state index contributed by atoms with van der Waals surface area (Å²) in [5.41, 5.74) is 0.474. The number of esters is 2. The summed E-state index contributed by atoms with van der Waals surface area (Å²) >= 11 is 0. The molecular formula is C21H33N3O6. The number of methoxy groups -OCH3 is 1. The molecule has 0 aromatic carbocycles. The molecule has 30 heavy (non-hydrogen) atoms. The van der Waals surface area contributed by atoms with Gasteiger partial charge >= 0.3 is 11.9 Å². The number of likely N-dealkylation sites (N-methyl/N-ethyl adjacent to an activating group) is 1. The van der Waals surface area contributed by atoms with Crippen LogP contribution in [0.1, 0.15) is 59.8 Å². The van der Waals surface area contributed by atoms with Gasteiger partial charge in [-0.3, -0.25) is 14.4 Å². The zero-order chi connectivity index (χ0) is 23.2. The van der Waals surface area contributed by atoms with Crippen molar-refractivity contribution in [3.63, 3.8) is 0 Å². The molecule has 0 saturated carbocycles. The van der Waals surface area contributed by atoms with Gasteiger partial charge in [0.2, 0.25) is 5.91 Å². The molecule has 0 fully saturated rings.